The molecule has 3 aromatic rings. The zero-order chi connectivity index (χ0) is 20.1. The Morgan fingerprint density at radius 3 is 2.50 bits per heavy atom. The molecule has 0 saturated carbocycles. The Morgan fingerprint density at radius 1 is 1.18 bits per heavy atom. The maximum absolute atomic E-state index is 12.6. The van der Waals surface area contributed by atoms with Gasteiger partial charge in [-0.1, -0.05) is 29.8 Å². The number of ether oxygens (including phenoxy) is 1. The highest BCUT2D eigenvalue weighted by atomic mass is 35.5. The van der Waals surface area contributed by atoms with Crippen molar-refractivity contribution >= 4 is 28.9 Å². The minimum atomic E-state index is -0.451. The third-order valence-corrected chi connectivity index (χ3v) is 4.42. The number of nitrogens with zero attached hydrogens (tertiary/aromatic N) is 3. The highest BCUT2D eigenvalue weighted by Crippen LogP contribution is 2.21. The zero-order valence-corrected chi connectivity index (χ0v) is 16.2. The average Bonchev–Trinajstić information content (AvgIpc) is 2.71. The van der Waals surface area contributed by atoms with Gasteiger partial charge >= 0.3 is 0 Å². The van der Waals surface area contributed by atoms with E-state index >= 15 is 0 Å². The fourth-order valence-corrected chi connectivity index (χ4v) is 2.89. The summed E-state index contributed by atoms with van der Waals surface area (Å²) >= 11 is 6.26. The van der Waals surface area contributed by atoms with E-state index in [0.717, 1.165) is 0 Å². The number of methoxy groups -OCH3 is 1. The summed E-state index contributed by atoms with van der Waals surface area (Å²) in [5, 5.41) is 6.95. The lowest BCUT2D eigenvalue weighted by molar-refractivity contribution is -0.114. The molecule has 1 aromatic heterocycles. The number of carbonyl (C=O) groups is 1. The standard InChI is InChI=1S/C20H19ClN4O3/c1-24(13-18(26)23-14-8-10-16(28-2)11-9-14)17-12-22-25(20(27)19(17)21)15-6-4-3-5-7-15/h3-12H,13H2,1-2H3,(H,23,26). The summed E-state index contributed by atoms with van der Waals surface area (Å²) in [5.41, 5.74) is 1.18. The molecule has 144 valence electrons. The van der Waals surface area contributed by atoms with Gasteiger partial charge in [0.05, 0.1) is 31.2 Å². The smallest absolute Gasteiger partial charge is 0.292 e. The third kappa shape index (κ3) is 4.32. The van der Waals surface area contributed by atoms with E-state index in [0.29, 0.717) is 22.8 Å². The van der Waals surface area contributed by atoms with Crippen molar-refractivity contribution in [2.45, 2.75) is 0 Å². The molecule has 0 unspecified atom stereocenters. The second-order valence-corrected chi connectivity index (χ2v) is 6.41. The van der Waals surface area contributed by atoms with Gasteiger partial charge in [0.2, 0.25) is 5.91 Å². The van der Waals surface area contributed by atoms with Crippen molar-refractivity contribution < 1.29 is 9.53 Å². The molecule has 28 heavy (non-hydrogen) atoms. The first kappa shape index (κ1) is 19.4. The lowest BCUT2D eigenvalue weighted by Crippen LogP contribution is -2.32. The van der Waals surface area contributed by atoms with Crippen molar-refractivity contribution in [3.05, 3.63) is 76.2 Å². The van der Waals surface area contributed by atoms with Crippen LogP contribution in [0.2, 0.25) is 5.02 Å². The summed E-state index contributed by atoms with van der Waals surface area (Å²) in [7, 11) is 3.24. The molecule has 1 heterocycles. The molecule has 0 aliphatic rings. The molecule has 8 heteroatoms. The molecule has 0 bridgehead atoms. The van der Waals surface area contributed by atoms with Crippen molar-refractivity contribution in [1.29, 1.82) is 0 Å². The number of halogens is 1. The van der Waals surface area contributed by atoms with Gasteiger partial charge in [0.15, 0.2) is 0 Å². The van der Waals surface area contributed by atoms with Crippen molar-refractivity contribution in [3.63, 3.8) is 0 Å². The molecule has 0 radical (unpaired) electrons. The van der Waals surface area contributed by atoms with Crippen LogP contribution in [0.15, 0.2) is 65.6 Å². The summed E-state index contributed by atoms with van der Waals surface area (Å²) < 4.78 is 6.31. The number of rotatable bonds is 6. The van der Waals surface area contributed by atoms with Gasteiger partial charge in [-0.05, 0) is 36.4 Å². The summed E-state index contributed by atoms with van der Waals surface area (Å²) in [6.45, 7) is 0.00220. The quantitative estimate of drug-likeness (QED) is 0.690. The van der Waals surface area contributed by atoms with E-state index in [4.69, 9.17) is 16.3 Å². The first-order valence-corrected chi connectivity index (χ1v) is 8.85. The van der Waals surface area contributed by atoms with Crippen molar-refractivity contribution in [2.24, 2.45) is 0 Å². The second-order valence-electron chi connectivity index (χ2n) is 6.03. The van der Waals surface area contributed by atoms with Gasteiger partial charge in [0.1, 0.15) is 10.8 Å². The van der Waals surface area contributed by atoms with Crippen LogP contribution in [-0.2, 0) is 4.79 Å². The topological polar surface area (TPSA) is 76.5 Å². The van der Waals surface area contributed by atoms with Gasteiger partial charge in [0, 0.05) is 12.7 Å². The molecule has 0 aliphatic carbocycles. The first-order chi connectivity index (χ1) is 13.5. The molecular formula is C20H19ClN4O3. The molecule has 0 aliphatic heterocycles. The Labute approximate surface area is 167 Å². The van der Waals surface area contributed by atoms with Crippen molar-refractivity contribution in [1.82, 2.24) is 9.78 Å². The van der Waals surface area contributed by atoms with Crippen LogP contribution in [0.1, 0.15) is 0 Å². The summed E-state index contributed by atoms with van der Waals surface area (Å²) in [6.07, 6.45) is 1.47. The Balaban J connectivity index is 1.73. The molecule has 0 spiro atoms. The van der Waals surface area contributed by atoms with E-state index in [1.54, 1.807) is 67.6 Å². The van der Waals surface area contributed by atoms with E-state index in [1.165, 1.54) is 10.9 Å². The summed E-state index contributed by atoms with van der Waals surface area (Å²) in [4.78, 5) is 26.4. The highest BCUT2D eigenvalue weighted by Gasteiger charge is 2.16. The number of carbonyl (C=O) groups excluding carboxylic acids is 1. The van der Waals surface area contributed by atoms with Crippen LogP contribution in [0.3, 0.4) is 0 Å². The molecule has 0 saturated heterocycles. The third-order valence-electron chi connectivity index (χ3n) is 4.07. The van der Waals surface area contributed by atoms with E-state index < -0.39 is 5.56 Å². The van der Waals surface area contributed by atoms with Gasteiger partial charge < -0.3 is 15.0 Å². The van der Waals surface area contributed by atoms with Gasteiger partial charge in [-0.2, -0.15) is 9.78 Å². The first-order valence-electron chi connectivity index (χ1n) is 8.48. The summed E-state index contributed by atoms with van der Waals surface area (Å²) in [6, 6.07) is 16.0. The van der Waals surface area contributed by atoms with E-state index in [1.807, 2.05) is 6.07 Å². The van der Waals surface area contributed by atoms with Crippen LogP contribution >= 0.6 is 11.6 Å². The van der Waals surface area contributed by atoms with Crippen LogP contribution in [0.4, 0.5) is 11.4 Å². The number of hydrogen-bond acceptors (Lipinski definition) is 5. The van der Waals surface area contributed by atoms with E-state index in [-0.39, 0.29) is 17.5 Å². The minimum absolute atomic E-state index is 0.00130. The Morgan fingerprint density at radius 2 is 1.86 bits per heavy atom. The number of aromatic nitrogens is 2. The fourth-order valence-electron chi connectivity index (χ4n) is 2.62. The van der Waals surface area contributed by atoms with Gasteiger partial charge in [-0.15, -0.1) is 0 Å². The fraction of sp³-hybridized carbons (Fsp3) is 0.150. The molecular weight excluding hydrogens is 380 g/mol. The molecule has 3 rings (SSSR count). The van der Waals surface area contributed by atoms with Crippen molar-refractivity contribution in [2.75, 3.05) is 30.9 Å². The Kier molecular flexibility index (Phi) is 5.96. The minimum Gasteiger partial charge on any atom is -0.497 e. The lowest BCUT2D eigenvalue weighted by atomic mass is 10.3. The van der Waals surface area contributed by atoms with Gasteiger partial charge in [0.25, 0.3) is 5.56 Å². The number of anilines is 2. The van der Waals surface area contributed by atoms with Crippen LogP contribution < -0.4 is 20.5 Å². The SMILES string of the molecule is COc1ccc(NC(=O)CN(C)c2cnn(-c3ccccc3)c(=O)c2Cl)cc1. The highest BCUT2D eigenvalue weighted by molar-refractivity contribution is 6.33. The maximum atomic E-state index is 12.6. The molecule has 2 aromatic carbocycles. The molecule has 0 fully saturated rings. The second kappa shape index (κ2) is 8.58. The Bertz CT molecular complexity index is 1020. The molecule has 1 amide bonds. The van der Waals surface area contributed by atoms with Crippen LogP contribution in [-0.4, -0.2) is 36.4 Å². The maximum Gasteiger partial charge on any atom is 0.292 e. The number of likely N-dealkylation sites (N-methyl/N-ethyl adjacent to an activating group) is 1. The molecule has 7 nitrogen and oxygen atoms in total. The summed E-state index contributed by atoms with van der Waals surface area (Å²) in [5.74, 6) is 0.447. The number of amides is 1. The van der Waals surface area contributed by atoms with E-state index in [9.17, 15) is 9.59 Å². The number of nitrogens with one attached hydrogen (secondary N) is 1. The predicted octanol–water partition coefficient (Wildman–Crippen LogP) is 2.97. The van der Waals surface area contributed by atoms with Gasteiger partial charge in [-0.25, -0.2) is 0 Å². The Hall–Kier alpha value is -3.32. The van der Waals surface area contributed by atoms with Crippen LogP contribution in [0.25, 0.3) is 5.69 Å². The average molecular weight is 399 g/mol. The van der Waals surface area contributed by atoms with E-state index in [2.05, 4.69) is 10.4 Å². The normalized spacial score (nSPS) is 10.4. The van der Waals surface area contributed by atoms with Gasteiger partial charge in [-0.3, -0.25) is 9.59 Å². The molecule has 0 atom stereocenters. The largest absolute Gasteiger partial charge is 0.497 e. The predicted molar refractivity (Wildman–Crippen MR) is 110 cm³/mol. The van der Waals surface area contributed by atoms with Crippen LogP contribution in [0.5, 0.6) is 5.75 Å². The molecule has 1 N–H and O–H groups in total. The zero-order valence-electron chi connectivity index (χ0n) is 15.4. The van der Waals surface area contributed by atoms with Crippen LogP contribution in [0, 0.1) is 0 Å². The monoisotopic (exact) mass is 398 g/mol. The number of para-hydroxylation sites is 1. The van der Waals surface area contributed by atoms with Crippen molar-refractivity contribution in [3.8, 4) is 11.4 Å². The number of hydrogen-bond donors (Lipinski definition) is 1. The lowest BCUT2D eigenvalue weighted by Gasteiger charge is -2.20. The number of benzene rings is 2.